The van der Waals surface area contributed by atoms with Crippen LogP contribution in [0.5, 0.6) is 11.5 Å². The normalized spacial score (nSPS) is 10.4. The second-order valence-electron chi connectivity index (χ2n) is 6.80. The lowest BCUT2D eigenvalue weighted by Crippen LogP contribution is -2.22. The molecular weight excluding hydrogens is 364 g/mol. The van der Waals surface area contributed by atoms with Crippen LogP contribution in [0.2, 0.25) is 0 Å². The van der Waals surface area contributed by atoms with Crippen molar-refractivity contribution in [2.45, 2.75) is 26.7 Å². The van der Waals surface area contributed by atoms with Gasteiger partial charge in [-0.3, -0.25) is 4.79 Å². The maximum Gasteiger partial charge on any atom is 0.274 e. The number of benzene rings is 2. The molecule has 3 aromatic rings. The van der Waals surface area contributed by atoms with Gasteiger partial charge in [0.1, 0.15) is 23.1 Å². The molecule has 0 aliphatic heterocycles. The van der Waals surface area contributed by atoms with Crippen LogP contribution in [-0.2, 0) is 0 Å². The quantitative estimate of drug-likeness (QED) is 0.582. The maximum atomic E-state index is 12.9. The SMILES string of the molecule is CCCCN(C)c1cc(C(=O)Nc2ccccc2Oc2ccccc2)nc(C)n1. The van der Waals surface area contributed by atoms with Crippen LogP contribution in [0, 0.1) is 6.92 Å². The van der Waals surface area contributed by atoms with E-state index in [0.29, 0.717) is 28.7 Å². The molecular formula is C23H26N4O2. The van der Waals surface area contributed by atoms with Crippen molar-refractivity contribution in [1.82, 2.24) is 9.97 Å². The van der Waals surface area contributed by atoms with Crippen molar-refractivity contribution < 1.29 is 9.53 Å². The second-order valence-corrected chi connectivity index (χ2v) is 6.80. The number of unbranched alkanes of at least 4 members (excludes halogenated alkanes) is 1. The Morgan fingerprint density at radius 2 is 1.79 bits per heavy atom. The van der Waals surface area contributed by atoms with Crippen LogP contribution in [0.3, 0.4) is 0 Å². The van der Waals surface area contributed by atoms with E-state index in [-0.39, 0.29) is 5.91 Å². The molecule has 150 valence electrons. The predicted octanol–water partition coefficient (Wildman–Crippen LogP) is 5.07. The summed E-state index contributed by atoms with van der Waals surface area (Å²) in [5, 5.41) is 2.91. The Labute approximate surface area is 171 Å². The van der Waals surface area contributed by atoms with E-state index in [1.807, 2.05) is 60.5 Å². The number of anilines is 2. The molecule has 2 aromatic carbocycles. The molecule has 0 fully saturated rings. The molecule has 29 heavy (non-hydrogen) atoms. The van der Waals surface area contributed by atoms with Gasteiger partial charge < -0.3 is 15.0 Å². The number of aryl methyl sites for hydroxylation is 1. The van der Waals surface area contributed by atoms with Crippen molar-refractivity contribution >= 4 is 17.4 Å². The molecule has 0 saturated heterocycles. The van der Waals surface area contributed by atoms with E-state index in [0.717, 1.165) is 25.2 Å². The first-order valence-corrected chi connectivity index (χ1v) is 9.77. The molecule has 0 atom stereocenters. The summed E-state index contributed by atoms with van der Waals surface area (Å²) in [7, 11) is 1.97. The molecule has 1 heterocycles. The topological polar surface area (TPSA) is 67.4 Å². The van der Waals surface area contributed by atoms with Gasteiger partial charge in [0.25, 0.3) is 5.91 Å². The third kappa shape index (κ3) is 5.54. The highest BCUT2D eigenvalue weighted by molar-refractivity contribution is 6.04. The standard InChI is InChI=1S/C23H26N4O2/c1-4-5-15-27(3)22-16-20(24-17(2)25-22)23(28)26-19-13-9-10-14-21(19)29-18-11-7-6-8-12-18/h6-14,16H,4-5,15H2,1-3H3,(H,26,28). The van der Waals surface area contributed by atoms with Gasteiger partial charge in [-0.05, 0) is 37.6 Å². The zero-order valence-electron chi connectivity index (χ0n) is 17.1. The molecule has 6 nitrogen and oxygen atoms in total. The number of para-hydroxylation sites is 3. The number of carbonyl (C=O) groups is 1. The lowest BCUT2D eigenvalue weighted by molar-refractivity contribution is 0.102. The van der Waals surface area contributed by atoms with Gasteiger partial charge >= 0.3 is 0 Å². The number of hydrogen-bond donors (Lipinski definition) is 1. The van der Waals surface area contributed by atoms with Crippen LogP contribution >= 0.6 is 0 Å². The number of aromatic nitrogens is 2. The highest BCUT2D eigenvalue weighted by Gasteiger charge is 2.15. The van der Waals surface area contributed by atoms with Gasteiger partial charge in [-0.15, -0.1) is 0 Å². The third-order valence-corrected chi connectivity index (χ3v) is 4.40. The first-order valence-electron chi connectivity index (χ1n) is 9.77. The summed E-state index contributed by atoms with van der Waals surface area (Å²) in [6.45, 7) is 4.81. The molecule has 0 unspecified atom stereocenters. The highest BCUT2D eigenvalue weighted by Crippen LogP contribution is 2.29. The Hall–Kier alpha value is -3.41. The van der Waals surface area contributed by atoms with Gasteiger partial charge in [0.05, 0.1) is 5.69 Å². The minimum absolute atomic E-state index is 0.301. The van der Waals surface area contributed by atoms with Crippen molar-refractivity contribution in [2.24, 2.45) is 0 Å². The molecule has 1 amide bonds. The van der Waals surface area contributed by atoms with Gasteiger partial charge in [-0.2, -0.15) is 0 Å². The summed E-state index contributed by atoms with van der Waals surface area (Å²) in [6.07, 6.45) is 2.16. The monoisotopic (exact) mass is 390 g/mol. The van der Waals surface area contributed by atoms with E-state index in [2.05, 4.69) is 22.2 Å². The lowest BCUT2D eigenvalue weighted by atomic mass is 10.2. The van der Waals surface area contributed by atoms with Crippen LogP contribution in [0.15, 0.2) is 60.7 Å². The lowest BCUT2D eigenvalue weighted by Gasteiger charge is -2.19. The predicted molar refractivity (Wildman–Crippen MR) is 116 cm³/mol. The number of carbonyl (C=O) groups excluding carboxylic acids is 1. The second kappa shape index (κ2) is 9.68. The number of nitrogens with zero attached hydrogens (tertiary/aromatic N) is 3. The Kier molecular flexibility index (Phi) is 6.79. The molecule has 0 radical (unpaired) electrons. The van der Waals surface area contributed by atoms with Gasteiger partial charge in [0.2, 0.25) is 0 Å². The fourth-order valence-electron chi connectivity index (χ4n) is 2.83. The zero-order valence-corrected chi connectivity index (χ0v) is 17.1. The van der Waals surface area contributed by atoms with Gasteiger partial charge in [-0.25, -0.2) is 9.97 Å². The molecule has 1 aromatic heterocycles. The molecule has 3 rings (SSSR count). The smallest absolute Gasteiger partial charge is 0.274 e. The molecule has 0 spiro atoms. The number of ether oxygens (including phenoxy) is 1. The van der Waals surface area contributed by atoms with Gasteiger partial charge in [0.15, 0.2) is 5.75 Å². The van der Waals surface area contributed by atoms with Crippen LogP contribution in [-0.4, -0.2) is 29.5 Å². The third-order valence-electron chi connectivity index (χ3n) is 4.40. The molecule has 0 aliphatic carbocycles. The number of hydrogen-bond acceptors (Lipinski definition) is 5. The van der Waals surface area contributed by atoms with Gasteiger partial charge in [-0.1, -0.05) is 43.7 Å². The molecule has 6 heteroatoms. The summed E-state index contributed by atoms with van der Waals surface area (Å²) in [4.78, 5) is 23.7. The number of amides is 1. The maximum absolute atomic E-state index is 12.9. The van der Waals surface area contributed by atoms with E-state index in [1.165, 1.54) is 0 Å². The van der Waals surface area contributed by atoms with Crippen LogP contribution < -0.4 is 15.0 Å². The summed E-state index contributed by atoms with van der Waals surface area (Å²) >= 11 is 0. The minimum atomic E-state index is -0.301. The Morgan fingerprint density at radius 1 is 1.07 bits per heavy atom. The van der Waals surface area contributed by atoms with Crippen molar-refractivity contribution in [3.8, 4) is 11.5 Å². The fraction of sp³-hybridized carbons (Fsp3) is 0.261. The van der Waals surface area contributed by atoms with E-state index >= 15 is 0 Å². The van der Waals surface area contributed by atoms with E-state index < -0.39 is 0 Å². The largest absolute Gasteiger partial charge is 0.455 e. The van der Waals surface area contributed by atoms with E-state index in [4.69, 9.17) is 4.74 Å². The Balaban J connectivity index is 1.79. The first kappa shape index (κ1) is 20.3. The minimum Gasteiger partial charge on any atom is -0.455 e. The van der Waals surface area contributed by atoms with E-state index in [1.54, 1.807) is 19.1 Å². The summed E-state index contributed by atoms with van der Waals surface area (Å²) < 4.78 is 5.92. The van der Waals surface area contributed by atoms with Crippen molar-refractivity contribution in [3.63, 3.8) is 0 Å². The molecule has 0 bridgehead atoms. The van der Waals surface area contributed by atoms with Crippen molar-refractivity contribution in [2.75, 3.05) is 23.8 Å². The first-order chi connectivity index (χ1) is 14.1. The number of rotatable bonds is 8. The summed E-state index contributed by atoms with van der Waals surface area (Å²) in [5.41, 5.74) is 0.906. The van der Waals surface area contributed by atoms with Crippen molar-refractivity contribution in [1.29, 1.82) is 0 Å². The van der Waals surface area contributed by atoms with Crippen LogP contribution in [0.1, 0.15) is 36.1 Å². The fourth-order valence-corrected chi connectivity index (χ4v) is 2.83. The Morgan fingerprint density at radius 3 is 2.55 bits per heavy atom. The summed E-state index contributed by atoms with van der Waals surface area (Å²) in [5.74, 6) is 2.27. The highest BCUT2D eigenvalue weighted by atomic mass is 16.5. The van der Waals surface area contributed by atoms with Crippen LogP contribution in [0.4, 0.5) is 11.5 Å². The zero-order chi connectivity index (χ0) is 20.6. The van der Waals surface area contributed by atoms with Gasteiger partial charge in [0, 0.05) is 19.7 Å². The average molecular weight is 390 g/mol. The number of nitrogens with one attached hydrogen (secondary N) is 1. The van der Waals surface area contributed by atoms with E-state index in [9.17, 15) is 4.79 Å². The molecule has 0 aliphatic rings. The average Bonchev–Trinajstić information content (AvgIpc) is 2.73. The molecule has 0 saturated carbocycles. The van der Waals surface area contributed by atoms with Crippen LogP contribution in [0.25, 0.3) is 0 Å². The molecule has 1 N–H and O–H groups in total. The Bertz CT molecular complexity index is 960. The summed E-state index contributed by atoms with van der Waals surface area (Å²) in [6, 6.07) is 18.5. The van der Waals surface area contributed by atoms with Crippen molar-refractivity contribution in [3.05, 3.63) is 72.2 Å².